The zero-order valence-electron chi connectivity index (χ0n) is 13.9. The van der Waals surface area contributed by atoms with Gasteiger partial charge in [0.15, 0.2) is 11.8 Å². The highest BCUT2D eigenvalue weighted by Gasteiger charge is 2.30. The van der Waals surface area contributed by atoms with Gasteiger partial charge in [0.25, 0.3) is 5.91 Å². The Kier molecular flexibility index (Phi) is 4.43. The smallest absolute Gasteiger partial charge is 0.271 e. The van der Waals surface area contributed by atoms with Crippen molar-refractivity contribution in [1.29, 1.82) is 0 Å². The normalized spacial score (nSPS) is 16.2. The fourth-order valence-electron chi connectivity index (χ4n) is 3.47. The number of nitrogens with zero attached hydrogens (tertiary/aromatic N) is 2. The highest BCUT2D eigenvalue weighted by molar-refractivity contribution is 5.93. The van der Waals surface area contributed by atoms with E-state index in [1.165, 1.54) is 23.9 Å². The van der Waals surface area contributed by atoms with Gasteiger partial charge < -0.3 is 14.6 Å². The maximum atomic E-state index is 12.5. The molecule has 2 N–H and O–H groups in total. The molecule has 1 amide bonds. The number of para-hydroxylation sites is 2. The highest BCUT2D eigenvalue weighted by Crippen LogP contribution is 2.12. The summed E-state index contributed by atoms with van der Waals surface area (Å²) in [5, 5.41) is 3.01. The number of furan rings is 1. The van der Waals surface area contributed by atoms with Gasteiger partial charge in [-0.3, -0.25) is 9.78 Å². The Bertz CT molecular complexity index is 857. The number of aromatic nitrogens is 2. The number of amides is 1. The van der Waals surface area contributed by atoms with Crippen molar-refractivity contribution in [3.05, 3.63) is 60.3 Å². The molecule has 1 aliphatic rings. The Morgan fingerprint density at radius 1 is 1.16 bits per heavy atom. The van der Waals surface area contributed by atoms with Gasteiger partial charge in [-0.15, -0.1) is 0 Å². The Morgan fingerprint density at radius 2 is 1.96 bits per heavy atom. The van der Waals surface area contributed by atoms with Crippen LogP contribution in [0.2, 0.25) is 0 Å². The van der Waals surface area contributed by atoms with Crippen molar-refractivity contribution in [2.45, 2.75) is 18.9 Å². The molecule has 3 heterocycles. The zero-order chi connectivity index (χ0) is 17.1. The van der Waals surface area contributed by atoms with Gasteiger partial charge in [0.2, 0.25) is 0 Å². The Morgan fingerprint density at radius 3 is 2.72 bits per heavy atom. The quantitative estimate of drug-likeness (QED) is 0.738. The average Bonchev–Trinajstić information content (AvgIpc) is 3.36. The van der Waals surface area contributed by atoms with Crippen LogP contribution >= 0.6 is 0 Å². The number of hydrogen-bond donors (Lipinski definition) is 2. The summed E-state index contributed by atoms with van der Waals surface area (Å²) in [6.07, 6.45) is 5.66. The van der Waals surface area contributed by atoms with Crippen LogP contribution in [0.4, 0.5) is 0 Å². The van der Waals surface area contributed by atoms with E-state index in [4.69, 9.17) is 4.42 Å². The molecule has 0 radical (unpaired) electrons. The summed E-state index contributed by atoms with van der Waals surface area (Å²) in [7, 11) is 0. The van der Waals surface area contributed by atoms with Crippen LogP contribution in [0.1, 0.15) is 35.1 Å². The van der Waals surface area contributed by atoms with Crippen molar-refractivity contribution in [1.82, 2.24) is 15.3 Å². The van der Waals surface area contributed by atoms with Crippen LogP contribution in [-0.2, 0) is 0 Å². The summed E-state index contributed by atoms with van der Waals surface area (Å²) in [6.45, 7) is 2.74. The van der Waals surface area contributed by atoms with Crippen LogP contribution in [0.3, 0.4) is 0 Å². The Balaban J connectivity index is 1.48. The van der Waals surface area contributed by atoms with E-state index in [9.17, 15) is 4.79 Å². The summed E-state index contributed by atoms with van der Waals surface area (Å²) < 4.78 is 5.60. The van der Waals surface area contributed by atoms with E-state index in [1.807, 2.05) is 36.4 Å². The molecule has 1 aromatic carbocycles. The van der Waals surface area contributed by atoms with Crippen molar-refractivity contribution in [2.24, 2.45) is 0 Å². The minimum Gasteiger partial charge on any atom is -0.463 e. The number of likely N-dealkylation sites (tertiary alicyclic amines) is 1. The van der Waals surface area contributed by atoms with Crippen LogP contribution in [0.5, 0.6) is 0 Å². The molecule has 1 fully saturated rings. The third-order valence-electron chi connectivity index (χ3n) is 4.77. The largest absolute Gasteiger partial charge is 0.463 e. The van der Waals surface area contributed by atoms with Gasteiger partial charge in [-0.2, -0.15) is 0 Å². The summed E-state index contributed by atoms with van der Waals surface area (Å²) >= 11 is 0. The van der Waals surface area contributed by atoms with E-state index in [1.54, 1.807) is 6.26 Å². The van der Waals surface area contributed by atoms with Gasteiger partial charge in [0.1, 0.15) is 5.69 Å². The predicted octanol–water partition coefficient (Wildman–Crippen LogP) is 1.37. The van der Waals surface area contributed by atoms with E-state index < -0.39 is 0 Å². The van der Waals surface area contributed by atoms with E-state index in [2.05, 4.69) is 15.3 Å². The van der Waals surface area contributed by atoms with Crippen LogP contribution in [0.15, 0.2) is 53.3 Å². The van der Waals surface area contributed by atoms with Crippen LogP contribution in [-0.4, -0.2) is 35.5 Å². The maximum Gasteiger partial charge on any atom is 0.271 e. The van der Waals surface area contributed by atoms with E-state index >= 15 is 0 Å². The second kappa shape index (κ2) is 7.03. The Hall–Kier alpha value is -2.73. The van der Waals surface area contributed by atoms with Crippen LogP contribution in [0.25, 0.3) is 11.0 Å². The first kappa shape index (κ1) is 15.8. The SMILES string of the molecule is O=C(NC[C@H](c1ccco1)[NH+]1CCCC1)c1cnc2ccccc2n1. The first-order valence-corrected chi connectivity index (χ1v) is 8.69. The monoisotopic (exact) mass is 337 g/mol. The van der Waals surface area contributed by atoms with Gasteiger partial charge in [-0.05, 0) is 24.3 Å². The molecule has 25 heavy (non-hydrogen) atoms. The molecule has 6 heteroatoms. The van der Waals surface area contributed by atoms with E-state index in [0.717, 1.165) is 29.9 Å². The minimum absolute atomic E-state index is 0.134. The van der Waals surface area contributed by atoms with Crippen LogP contribution in [0, 0.1) is 0 Å². The second-order valence-corrected chi connectivity index (χ2v) is 6.39. The first-order valence-electron chi connectivity index (χ1n) is 8.69. The number of benzene rings is 1. The molecule has 0 spiro atoms. The summed E-state index contributed by atoms with van der Waals surface area (Å²) in [6, 6.07) is 11.6. The summed E-state index contributed by atoms with van der Waals surface area (Å²) in [4.78, 5) is 22.7. The fourth-order valence-corrected chi connectivity index (χ4v) is 3.47. The number of carbonyl (C=O) groups is 1. The second-order valence-electron chi connectivity index (χ2n) is 6.39. The molecule has 2 aromatic heterocycles. The maximum absolute atomic E-state index is 12.5. The molecule has 1 atom stereocenters. The van der Waals surface area contributed by atoms with Crippen molar-refractivity contribution < 1.29 is 14.1 Å². The van der Waals surface area contributed by atoms with Crippen molar-refractivity contribution in [3.63, 3.8) is 0 Å². The topological polar surface area (TPSA) is 72.5 Å². The summed E-state index contributed by atoms with van der Waals surface area (Å²) in [5.74, 6) is 0.718. The van der Waals surface area contributed by atoms with E-state index in [-0.39, 0.29) is 11.9 Å². The number of fused-ring (bicyclic) bond motifs is 1. The van der Waals surface area contributed by atoms with Gasteiger partial charge in [-0.25, -0.2) is 4.98 Å². The average molecular weight is 337 g/mol. The first-order chi connectivity index (χ1) is 12.3. The van der Waals surface area contributed by atoms with Gasteiger partial charge in [0, 0.05) is 12.8 Å². The molecule has 1 aliphatic heterocycles. The molecular formula is C19H21N4O2+. The molecule has 3 aromatic rings. The van der Waals surface area contributed by atoms with Crippen molar-refractivity contribution in [3.8, 4) is 0 Å². The Labute approximate surface area is 145 Å². The van der Waals surface area contributed by atoms with Gasteiger partial charge in [-0.1, -0.05) is 12.1 Å². The molecule has 4 rings (SSSR count). The third-order valence-corrected chi connectivity index (χ3v) is 4.77. The zero-order valence-corrected chi connectivity index (χ0v) is 13.9. The van der Waals surface area contributed by atoms with Crippen molar-refractivity contribution >= 4 is 16.9 Å². The number of hydrogen-bond acceptors (Lipinski definition) is 4. The minimum atomic E-state index is -0.201. The van der Waals surface area contributed by atoms with E-state index in [0.29, 0.717) is 12.2 Å². The lowest BCUT2D eigenvalue weighted by Gasteiger charge is -2.23. The lowest BCUT2D eigenvalue weighted by atomic mass is 10.2. The molecule has 128 valence electrons. The highest BCUT2D eigenvalue weighted by atomic mass is 16.3. The number of quaternary nitrogens is 1. The lowest BCUT2D eigenvalue weighted by Crippen LogP contribution is -3.11. The molecule has 6 nitrogen and oxygen atoms in total. The molecular weight excluding hydrogens is 316 g/mol. The van der Waals surface area contributed by atoms with Gasteiger partial charge >= 0.3 is 0 Å². The van der Waals surface area contributed by atoms with Gasteiger partial charge in [0.05, 0.1) is 43.1 Å². The van der Waals surface area contributed by atoms with Crippen LogP contribution < -0.4 is 10.2 Å². The molecule has 0 saturated carbocycles. The third kappa shape index (κ3) is 3.39. The number of carbonyl (C=O) groups excluding carboxylic acids is 1. The summed E-state index contributed by atoms with van der Waals surface area (Å²) in [5.41, 5.74) is 1.85. The van der Waals surface area contributed by atoms with Crippen molar-refractivity contribution in [2.75, 3.05) is 19.6 Å². The molecule has 0 aliphatic carbocycles. The number of nitrogens with one attached hydrogen (secondary N) is 2. The standard InChI is InChI=1S/C19H20N4O2/c24-19(16-12-20-14-6-1-2-7-15(14)22-16)21-13-17(18-8-5-11-25-18)23-9-3-4-10-23/h1-2,5-8,11-12,17H,3-4,9-10,13H2,(H,21,24)/p+1/t17-/m1/s1. The lowest BCUT2D eigenvalue weighted by molar-refractivity contribution is -0.919. The molecule has 0 unspecified atom stereocenters. The predicted molar refractivity (Wildman–Crippen MR) is 93.3 cm³/mol. The molecule has 0 bridgehead atoms. The molecule has 1 saturated heterocycles. The fraction of sp³-hybridized carbons (Fsp3) is 0.316. The number of rotatable bonds is 5.